The summed E-state index contributed by atoms with van der Waals surface area (Å²) in [5.41, 5.74) is 2.23. The van der Waals surface area contributed by atoms with Gasteiger partial charge in [-0.25, -0.2) is 0 Å². The standard InChI is InChI=1S/C18H14ClN3O3S/c1-11(23)20-15-8-4-13(5-9-15)17-21-22-18(25-17)26-16(24)10-12-2-6-14(19)7-3-12/h2-9H,10H2,1H3,(H,20,23). The van der Waals surface area contributed by atoms with Crippen molar-refractivity contribution in [3.05, 3.63) is 59.1 Å². The number of thioether (sulfide) groups is 1. The first kappa shape index (κ1) is 18.2. The first-order chi connectivity index (χ1) is 12.5. The SMILES string of the molecule is CC(=O)Nc1ccc(-c2nnc(SC(=O)Cc3ccc(Cl)cc3)o2)cc1. The molecule has 3 rings (SSSR count). The predicted molar refractivity (Wildman–Crippen MR) is 100 cm³/mol. The number of carbonyl (C=O) groups is 2. The molecule has 0 radical (unpaired) electrons. The number of nitrogens with zero attached hydrogens (tertiary/aromatic N) is 2. The van der Waals surface area contributed by atoms with Crippen LogP contribution in [-0.2, 0) is 16.0 Å². The molecule has 26 heavy (non-hydrogen) atoms. The van der Waals surface area contributed by atoms with Crippen molar-refractivity contribution in [2.75, 3.05) is 5.32 Å². The van der Waals surface area contributed by atoms with Crippen molar-refractivity contribution >= 4 is 40.1 Å². The Labute approximate surface area is 159 Å². The molecule has 8 heteroatoms. The molecule has 1 amide bonds. The smallest absolute Gasteiger partial charge is 0.284 e. The number of rotatable bonds is 5. The molecular weight excluding hydrogens is 374 g/mol. The van der Waals surface area contributed by atoms with Crippen LogP contribution in [0.1, 0.15) is 12.5 Å². The minimum absolute atomic E-state index is 0.108. The third kappa shape index (κ3) is 4.93. The summed E-state index contributed by atoms with van der Waals surface area (Å²) in [6.45, 7) is 1.44. The van der Waals surface area contributed by atoms with Gasteiger partial charge in [-0.05, 0) is 42.0 Å². The number of anilines is 1. The molecule has 0 bridgehead atoms. The Morgan fingerprint density at radius 3 is 2.42 bits per heavy atom. The molecule has 0 fully saturated rings. The second-order valence-electron chi connectivity index (χ2n) is 5.41. The van der Waals surface area contributed by atoms with Crippen LogP contribution >= 0.6 is 23.4 Å². The highest BCUT2D eigenvalue weighted by Crippen LogP contribution is 2.25. The molecule has 6 nitrogen and oxygen atoms in total. The van der Waals surface area contributed by atoms with Gasteiger partial charge >= 0.3 is 0 Å². The van der Waals surface area contributed by atoms with E-state index in [0.717, 1.165) is 17.3 Å². The molecule has 0 aliphatic carbocycles. The van der Waals surface area contributed by atoms with E-state index >= 15 is 0 Å². The van der Waals surface area contributed by atoms with Gasteiger partial charge in [-0.3, -0.25) is 9.59 Å². The quantitative estimate of drug-likeness (QED) is 0.660. The van der Waals surface area contributed by atoms with E-state index in [1.807, 2.05) is 0 Å². The fraction of sp³-hybridized carbons (Fsp3) is 0.111. The second kappa shape index (κ2) is 8.16. The van der Waals surface area contributed by atoms with Crippen molar-refractivity contribution < 1.29 is 14.0 Å². The summed E-state index contributed by atoms with van der Waals surface area (Å²) in [7, 11) is 0. The van der Waals surface area contributed by atoms with Crippen molar-refractivity contribution in [2.45, 2.75) is 18.6 Å². The summed E-state index contributed by atoms with van der Waals surface area (Å²) >= 11 is 6.73. The molecule has 0 aliphatic rings. The van der Waals surface area contributed by atoms with Gasteiger partial charge in [0.2, 0.25) is 16.9 Å². The van der Waals surface area contributed by atoms with E-state index in [2.05, 4.69) is 15.5 Å². The van der Waals surface area contributed by atoms with Gasteiger partial charge in [-0.15, -0.1) is 10.2 Å². The Balaban J connectivity index is 1.63. The van der Waals surface area contributed by atoms with Crippen LogP contribution in [0.2, 0.25) is 5.02 Å². The van der Waals surface area contributed by atoms with E-state index in [-0.39, 0.29) is 22.7 Å². The Kier molecular flexibility index (Phi) is 5.70. The van der Waals surface area contributed by atoms with Crippen LogP contribution in [0.4, 0.5) is 5.69 Å². The van der Waals surface area contributed by atoms with Crippen molar-refractivity contribution in [3.63, 3.8) is 0 Å². The number of nitrogens with one attached hydrogen (secondary N) is 1. The molecule has 1 heterocycles. The Bertz CT molecular complexity index is 924. The Morgan fingerprint density at radius 2 is 1.77 bits per heavy atom. The number of amides is 1. The molecule has 1 aromatic heterocycles. The van der Waals surface area contributed by atoms with E-state index in [0.29, 0.717) is 22.2 Å². The van der Waals surface area contributed by atoms with Crippen LogP contribution in [0, 0.1) is 0 Å². The summed E-state index contributed by atoms with van der Waals surface area (Å²) in [4.78, 5) is 23.2. The van der Waals surface area contributed by atoms with E-state index in [1.54, 1.807) is 48.5 Å². The zero-order valence-corrected chi connectivity index (χ0v) is 15.3. The third-order valence-corrected chi connectivity index (χ3v) is 4.29. The first-order valence-corrected chi connectivity index (χ1v) is 8.86. The Hall–Kier alpha value is -2.64. The predicted octanol–water partition coefficient (Wildman–Crippen LogP) is 4.21. The Morgan fingerprint density at radius 1 is 1.08 bits per heavy atom. The number of hydrogen-bond acceptors (Lipinski definition) is 6. The fourth-order valence-corrected chi connectivity index (χ4v) is 2.93. The fourth-order valence-electron chi connectivity index (χ4n) is 2.17. The number of halogens is 1. The monoisotopic (exact) mass is 387 g/mol. The van der Waals surface area contributed by atoms with Gasteiger partial charge in [-0.2, -0.15) is 0 Å². The van der Waals surface area contributed by atoms with Crippen molar-refractivity contribution in [3.8, 4) is 11.5 Å². The second-order valence-corrected chi connectivity index (χ2v) is 6.85. The highest BCUT2D eigenvalue weighted by atomic mass is 35.5. The number of benzene rings is 2. The van der Waals surface area contributed by atoms with Crippen LogP contribution in [-0.4, -0.2) is 21.2 Å². The van der Waals surface area contributed by atoms with Crippen LogP contribution in [0.25, 0.3) is 11.5 Å². The summed E-state index contributed by atoms with van der Waals surface area (Å²) < 4.78 is 5.53. The third-order valence-electron chi connectivity index (χ3n) is 3.32. The maximum Gasteiger partial charge on any atom is 0.284 e. The number of hydrogen-bond donors (Lipinski definition) is 1. The number of carbonyl (C=O) groups excluding carboxylic acids is 2. The zero-order chi connectivity index (χ0) is 18.5. The van der Waals surface area contributed by atoms with Crippen molar-refractivity contribution in [1.82, 2.24) is 10.2 Å². The van der Waals surface area contributed by atoms with Crippen LogP contribution in [0.15, 0.2) is 58.2 Å². The lowest BCUT2D eigenvalue weighted by molar-refractivity contribution is -0.114. The van der Waals surface area contributed by atoms with E-state index in [9.17, 15) is 9.59 Å². The molecule has 2 aromatic carbocycles. The molecule has 3 aromatic rings. The minimum Gasteiger partial charge on any atom is -0.411 e. The van der Waals surface area contributed by atoms with Crippen molar-refractivity contribution in [1.29, 1.82) is 0 Å². The maximum atomic E-state index is 12.1. The number of aromatic nitrogens is 2. The van der Waals surface area contributed by atoms with E-state index in [1.165, 1.54) is 6.92 Å². The molecule has 0 saturated carbocycles. The zero-order valence-electron chi connectivity index (χ0n) is 13.7. The molecule has 132 valence electrons. The van der Waals surface area contributed by atoms with Gasteiger partial charge in [0.1, 0.15) is 0 Å². The molecular formula is C18H14ClN3O3S. The molecule has 0 unspecified atom stereocenters. The van der Waals surface area contributed by atoms with Gasteiger partial charge < -0.3 is 9.73 Å². The largest absolute Gasteiger partial charge is 0.411 e. The lowest BCUT2D eigenvalue weighted by Crippen LogP contribution is -2.05. The van der Waals surface area contributed by atoms with Crippen molar-refractivity contribution in [2.24, 2.45) is 0 Å². The molecule has 0 saturated heterocycles. The van der Waals surface area contributed by atoms with Crippen LogP contribution < -0.4 is 5.32 Å². The van der Waals surface area contributed by atoms with E-state index < -0.39 is 0 Å². The summed E-state index contributed by atoms with van der Waals surface area (Å²) in [6.07, 6.45) is 0.241. The van der Waals surface area contributed by atoms with Gasteiger partial charge in [0.15, 0.2) is 0 Å². The lowest BCUT2D eigenvalue weighted by Gasteiger charge is -2.01. The average Bonchev–Trinajstić information content (AvgIpc) is 3.05. The van der Waals surface area contributed by atoms with Gasteiger partial charge in [0.05, 0.1) is 0 Å². The van der Waals surface area contributed by atoms with Crippen LogP contribution in [0.3, 0.4) is 0 Å². The average molecular weight is 388 g/mol. The maximum absolute atomic E-state index is 12.1. The molecule has 0 aliphatic heterocycles. The van der Waals surface area contributed by atoms with Gasteiger partial charge in [0.25, 0.3) is 5.22 Å². The normalized spacial score (nSPS) is 10.5. The summed E-state index contributed by atoms with van der Waals surface area (Å²) in [5.74, 6) is 0.162. The highest BCUT2D eigenvalue weighted by Gasteiger charge is 2.14. The highest BCUT2D eigenvalue weighted by molar-refractivity contribution is 8.13. The first-order valence-electron chi connectivity index (χ1n) is 7.66. The summed E-state index contributed by atoms with van der Waals surface area (Å²) in [6, 6.07) is 14.1. The molecule has 0 atom stereocenters. The topological polar surface area (TPSA) is 85.1 Å². The van der Waals surface area contributed by atoms with Crippen LogP contribution in [0.5, 0.6) is 0 Å². The van der Waals surface area contributed by atoms with Gasteiger partial charge in [0, 0.05) is 41.4 Å². The molecule has 0 spiro atoms. The van der Waals surface area contributed by atoms with Gasteiger partial charge in [-0.1, -0.05) is 23.7 Å². The van der Waals surface area contributed by atoms with E-state index in [4.69, 9.17) is 16.0 Å². The summed E-state index contributed by atoms with van der Waals surface area (Å²) in [5, 5.41) is 11.2. The lowest BCUT2D eigenvalue weighted by atomic mass is 10.2. The minimum atomic E-state index is -0.145. The molecule has 1 N–H and O–H groups in total.